The number of ether oxygens (including phenoxy) is 3. The van der Waals surface area contributed by atoms with Gasteiger partial charge in [0.15, 0.2) is 0 Å². The van der Waals surface area contributed by atoms with Gasteiger partial charge >= 0.3 is 0 Å². The SMILES string of the molecule is COc1ccc([C@H]2CC(c3cc(OC)cc(OC)c3)=NN2C(=O)c2ccccc2Cl)cc1. The van der Waals surface area contributed by atoms with Gasteiger partial charge in [-0.15, -0.1) is 0 Å². The van der Waals surface area contributed by atoms with Crippen LogP contribution in [0.5, 0.6) is 17.2 Å². The van der Waals surface area contributed by atoms with Crippen molar-refractivity contribution >= 4 is 23.2 Å². The van der Waals surface area contributed by atoms with Gasteiger partial charge in [0.25, 0.3) is 5.91 Å². The second-order valence-electron chi connectivity index (χ2n) is 7.27. The highest BCUT2D eigenvalue weighted by Crippen LogP contribution is 2.36. The number of carbonyl (C=O) groups excluding carboxylic acids is 1. The van der Waals surface area contributed by atoms with Gasteiger partial charge in [-0.3, -0.25) is 4.79 Å². The topological polar surface area (TPSA) is 60.4 Å². The standard InChI is InChI=1S/C25H23ClN2O4/c1-30-18-10-8-16(9-11-18)24-15-23(17-12-19(31-2)14-20(13-17)32-3)27-28(24)25(29)21-6-4-5-7-22(21)26/h4-14,24H,15H2,1-3H3/t24-/m1/s1. The summed E-state index contributed by atoms with van der Waals surface area (Å²) in [4.78, 5) is 13.5. The van der Waals surface area contributed by atoms with Crippen molar-refractivity contribution in [1.82, 2.24) is 5.01 Å². The molecule has 0 aliphatic carbocycles. The smallest absolute Gasteiger partial charge is 0.276 e. The highest BCUT2D eigenvalue weighted by Gasteiger charge is 2.34. The lowest BCUT2D eigenvalue weighted by Crippen LogP contribution is -2.27. The fraction of sp³-hybridized carbons (Fsp3) is 0.200. The summed E-state index contributed by atoms with van der Waals surface area (Å²) in [6.07, 6.45) is 0.527. The summed E-state index contributed by atoms with van der Waals surface area (Å²) in [6, 6.07) is 19.9. The predicted molar refractivity (Wildman–Crippen MR) is 124 cm³/mol. The van der Waals surface area contributed by atoms with Gasteiger partial charge in [0.1, 0.15) is 17.2 Å². The van der Waals surface area contributed by atoms with Gasteiger partial charge in [0.05, 0.1) is 43.7 Å². The van der Waals surface area contributed by atoms with Gasteiger partial charge in [-0.1, -0.05) is 35.9 Å². The molecular weight excluding hydrogens is 428 g/mol. The quantitative estimate of drug-likeness (QED) is 0.507. The number of benzene rings is 3. The van der Waals surface area contributed by atoms with Crippen LogP contribution in [0.25, 0.3) is 0 Å². The van der Waals surface area contributed by atoms with E-state index in [1.54, 1.807) is 51.7 Å². The lowest BCUT2D eigenvalue weighted by atomic mass is 9.97. The Balaban J connectivity index is 1.77. The van der Waals surface area contributed by atoms with Crippen molar-refractivity contribution in [2.75, 3.05) is 21.3 Å². The van der Waals surface area contributed by atoms with Gasteiger partial charge in [-0.2, -0.15) is 5.10 Å². The van der Waals surface area contributed by atoms with Crippen LogP contribution in [0.1, 0.15) is 33.9 Å². The molecule has 4 rings (SSSR count). The zero-order chi connectivity index (χ0) is 22.7. The van der Waals surface area contributed by atoms with E-state index in [1.807, 2.05) is 36.4 Å². The maximum absolute atomic E-state index is 13.5. The average Bonchev–Trinajstić information content (AvgIpc) is 3.29. The predicted octanol–water partition coefficient (Wildman–Crippen LogP) is 5.36. The Labute approximate surface area is 192 Å². The molecule has 0 saturated heterocycles. The first-order valence-corrected chi connectivity index (χ1v) is 10.4. The maximum atomic E-state index is 13.5. The van der Waals surface area contributed by atoms with E-state index in [1.165, 1.54) is 5.01 Å². The normalized spacial score (nSPS) is 15.3. The number of hydrogen-bond donors (Lipinski definition) is 0. The largest absolute Gasteiger partial charge is 0.497 e. The second-order valence-corrected chi connectivity index (χ2v) is 7.68. The minimum Gasteiger partial charge on any atom is -0.497 e. The summed E-state index contributed by atoms with van der Waals surface area (Å²) in [5, 5.41) is 6.62. The summed E-state index contributed by atoms with van der Waals surface area (Å²) >= 11 is 6.32. The van der Waals surface area contributed by atoms with Crippen molar-refractivity contribution in [3.63, 3.8) is 0 Å². The minimum atomic E-state index is -0.295. The van der Waals surface area contributed by atoms with Crippen LogP contribution in [0, 0.1) is 0 Å². The van der Waals surface area contributed by atoms with Crippen molar-refractivity contribution in [3.05, 3.63) is 88.4 Å². The molecule has 0 spiro atoms. The molecule has 0 aromatic heterocycles. The fourth-order valence-electron chi connectivity index (χ4n) is 3.69. The van der Waals surface area contributed by atoms with E-state index in [-0.39, 0.29) is 11.9 Å². The molecule has 0 saturated carbocycles. The molecule has 3 aromatic carbocycles. The number of methoxy groups -OCH3 is 3. The Morgan fingerprint density at radius 1 is 0.906 bits per heavy atom. The van der Waals surface area contributed by atoms with Crippen LogP contribution in [-0.2, 0) is 0 Å². The number of hydrogen-bond acceptors (Lipinski definition) is 5. The summed E-state index contributed by atoms with van der Waals surface area (Å²) in [5.74, 6) is 1.79. The van der Waals surface area contributed by atoms with E-state index >= 15 is 0 Å². The van der Waals surface area contributed by atoms with Crippen LogP contribution < -0.4 is 14.2 Å². The molecule has 3 aromatic rings. The lowest BCUT2D eigenvalue weighted by Gasteiger charge is -2.22. The molecule has 164 valence electrons. The van der Waals surface area contributed by atoms with E-state index < -0.39 is 0 Å². The molecular formula is C25H23ClN2O4. The first-order valence-electron chi connectivity index (χ1n) is 10.1. The zero-order valence-corrected chi connectivity index (χ0v) is 18.8. The molecule has 32 heavy (non-hydrogen) atoms. The van der Waals surface area contributed by atoms with E-state index in [2.05, 4.69) is 0 Å². The monoisotopic (exact) mass is 450 g/mol. The summed E-state index contributed by atoms with van der Waals surface area (Å²) in [5.41, 5.74) is 2.93. The van der Waals surface area contributed by atoms with Crippen molar-refractivity contribution in [2.45, 2.75) is 12.5 Å². The molecule has 1 amide bonds. The van der Waals surface area contributed by atoms with Gasteiger partial charge in [-0.05, 0) is 42.0 Å². The Morgan fingerprint density at radius 2 is 1.53 bits per heavy atom. The van der Waals surface area contributed by atoms with Crippen LogP contribution in [0.2, 0.25) is 5.02 Å². The Hall–Kier alpha value is -3.51. The van der Waals surface area contributed by atoms with Crippen molar-refractivity contribution in [1.29, 1.82) is 0 Å². The van der Waals surface area contributed by atoms with E-state index in [0.717, 1.165) is 22.6 Å². The zero-order valence-electron chi connectivity index (χ0n) is 18.0. The molecule has 1 heterocycles. The summed E-state index contributed by atoms with van der Waals surface area (Å²) < 4.78 is 16.1. The third kappa shape index (κ3) is 4.27. The van der Waals surface area contributed by atoms with Crippen molar-refractivity contribution < 1.29 is 19.0 Å². The first kappa shape index (κ1) is 21.7. The number of nitrogens with zero attached hydrogens (tertiary/aromatic N) is 2. The van der Waals surface area contributed by atoms with Crippen molar-refractivity contribution in [3.8, 4) is 17.2 Å². The van der Waals surface area contributed by atoms with E-state index in [4.69, 9.17) is 30.9 Å². The number of amides is 1. The Kier molecular flexibility index (Phi) is 6.32. The summed E-state index contributed by atoms with van der Waals surface area (Å²) in [7, 11) is 4.82. The molecule has 0 bridgehead atoms. The number of halogens is 1. The molecule has 1 aliphatic heterocycles. The van der Waals surface area contributed by atoms with Gasteiger partial charge in [0.2, 0.25) is 0 Å². The molecule has 6 nitrogen and oxygen atoms in total. The fourth-order valence-corrected chi connectivity index (χ4v) is 3.91. The number of rotatable bonds is 6. The third-order valence-electron chi connectivity index (χ3n) is 5.41. The Morgan fingerprint density at radius 3 is 2.12 bits per heavy atom. The molecule has 1 atom stereocenters. The maximum Gasteiger partial charge on any atom is 0.276 e. The first-order chi connectivity index (χ1) is 15.5. The molecule has 0 N–H and O–H groups in total. The Bertz CT molecular complexity index is 1140. The molecule has 0 unspecified atom stereocenters. The van der Waals surface area contributed by atoms with Gasteiger partial charge < -0.3 is 14.2 Å². The minimum absolute atomic E-state index is 0.263. The van der Waals surface area contributed by atoms with Crippen LogP contribution in [-0.4, -0.2) is 38.0 Å². The van der Waals surface area contributed by atoms with Crippen LogP contribution in [0.3, 0.4) is 0 Å². The van der Waals surface area contributed by atoms with E-state index in [9.17, 15) is 4.79 Å². The molecule has 1 aliphatic rings. The van der Waals surface area contributed by atoms with Crippen molar-refractivity contribution in [2.24, 2.45) is 5.10 Å². The van der Waals surface area contributed by atoms with Gasteiger partial charge in [0, 0.05) is 18.1 Å². The van der Waals surface area contributed by atoms with Crippen LogP contribution in [0.4, 0.5) is 0 Å². The van der Waals surface area contributed by atoms with Crippen LogP contribution >= 0.6 is 11.6 Å². The third-order valence-corrected chi connectivity index (χ3v) is 5.74. The number of hydrazone groups is 1. The van der Waals surface area contributed by atoms with Gasteiger partial charge in [-0.25, -0.2) is 5.01 Å². The lowest BCUT2D eigenvalue weighted by molar-refractivity contribution is 0.0711. The second kappa shape index (κ2) is 9.32. The molecule has 7 heteroatoms. The van der Waals surface area contributed by atoms with Crippen LogP contribution in [0.15, 0.2) is 71.8 Å². The average molecular weight is 451 g/mol. The highest BCUT2D eigenvalue weighted by molar-refractivity contribution is 6.33. The van der Waals surface area contributed by atoms with E-state index in [0.29, 0.717) is 28.5 Å². The summed E-state index contributed by atoms with van der Waals surface area (Å²) in [6.45, 7) is 0. The highest BCUT2D eigenvalue weighted by atomic mass is 35.5. The molecule has 0 radical (unpaired) electrons. The number of carbonyl (C=O) groups is 1. The molecule has 0 fully saturated rings.